The molecule has 5 nitrogen and oxygen atoms in total. The summed E-state index contributed by atoms with van der Waals surface area (Å²) in [5.41, 5.74) is 0. The molecule has 1 N–H and O–H groups in total. The average Bonchev–Trinajstić information content (AvgIpc) is 2.38. The highest BCUT2D eigenvalue weighted by Crippen LogP contribution is 2.39. The van der Waals surface area contributed by atoms with Gasteiger partial charge in [-0.05, 0) is 30.3 Å². The van der Waals surface area contributed by atoms with Crippen LogP contribution in [0, 0.1) is 5.92 Å². The number of carbonyl (C=O) groups is 2. The van der Waals surface area contributed by atoms with Crippen LogP contribution in [-0.4, -0.2) is 54.5 Å². The highest BCUT2D eigenvalue weighted by atomic mass is 32.2. The Morgan fingerprint density at radius 1 is 1.41 bits per heavy atom. The van der Waals surface area contributed by atoms with E-state index in [1.54, 1.807) is 11.8 Å². The van der Waals surface area contributed by atoms with Crippen molar-refractivity contribution in [3.63, 3.8) is 0 Å². The molecule has 128 valence electrons. The van der Waals surface area contributed by atoms with Crippen molar-refractivity contribution in [1.82, 2.24) is 4.90 Å². The average molecular weight is 348 g/mol. The normalized spacial score (nSPS) is 22.6. The number of aliphatic carboxylic acids is 1. The molecule has 1 heterocycles. The van der Waals surface area contributed by atoms with Crippen molar-refractivity contribution in [3.05, 3.63) is 0 Å². The first-order valence-corrected chi connectivity index (χ1v) is 11.7. The van der Waals surface area contributed by atoms with E-state index in [0.717, 1.165) is 5.75 Å². The zero-order valence-electron chi connectivity index (χ0n) is 14.5. The molecule has 0 aliphatic carbocycles. The maximum absolute atomic E-state index is 12.1. The second-order valence-electron chi connectivity index (χ2n) is 7.21. The van der Waals surface area contributed by atoms with Gasteiger partial charge in [-0.1, -0.05) is 27.7 Å². The van der Waals surface area contributed by atoms with Gasteiger partial charge in [-0.2, -0.15) is 0 Å². The van der Waals surface area contributed by atoms with Crippen LogP contribution in [0.2, 0.25) is 18.1 Å². The summed E-state index contributed by atoms with van der Waals surface area (Å²) < 4.78 is 6.13. The van der Waals surface area contributed by atoms with E-state index in [9.17, 15) is 9.59 Å². The van der Waals surface area contributed by atoms with Crippen molar-refractivity contribution in [3.8, 4) is 0 Å². The lowest BCUT2D eigenvalue weighted by molar-refractivity contribution is -0.158. The number of hydrogen-bond donors (Lipinski definition) is 1. The maximum atomic E-state index is 12.1. The lowest BCUT2D eigenvalue weighted by atomic mass is 9.95. The molecule has 1 saturated heterocycles. The summed E-state index contributed by atoms with van der Waals surface area (Å²) in [7, 11) is -1.79. The molecule has 0 bridgehead atoms. The summed E-state index contributed by atoms with van der Waals surface area (Å²) in [4.78, 5) is 24.4. The first kappa shape index (κ1) is 19.5. The van der Waals surface area contributed by atoms with Crippen molar-refractivity contribution in [1.29, 1.82) is 0 Å². The van der Waals surface area contributed by atoms with Crippen LogP contribution in [0.25, 0.3) is 0 Å². The van der Waals surface area contributed by atoms with Crippen molar-refractivity contribution >= 4 is 32.0 Å². The molecule has 2 atom stereocenters. The van der Waals surface area contributed by atoms with Crippen LogP contribution >= 0.6 is 11.8 Å². The Morgan fingerprint density at radius 2 is 2.00 bits per heavy atom. The van der Waals surface area contributed by atoms with Gasteiger partial charge in [-0.3, -0.25) is 9.59 Å². The monoisotopic (exact) mass is 347 g/mol. The molecule has 0 aromatic carbocycles. The molecule has 1 aliphatic rings. The summed E-state index contributed by atoms with van der Waals surface area (Å²) in [5, 5.41) is 9.03. The Hall–Kier alpha value is -0.533. The molecule has 0 saturated carbocycles. The van der Waals surface area contributed by atoms with Gasteiger partial charge in [-0.15, -0.1) is 11.8 Å². The third-order valence-corrected chi connectivity index (χ3v) is 10.4. The van der Waals surface area contributed by atoms with Crippen LogP contribution < -0.4 is 0 Å². The number of thioether (sulfide) groups is 1. The van der Waals surface area contributed by atoms with Gasteiger partial charge in [0, 0.05) is 6.61 Å². The third kappa shape index (κ3) is 4.49. The molecule has 1 amide bonds. The number of rotatable bonds is 8. The van der Waals surface area contributed by atoms with Gasteiger partial charge in [0.1, 0.15) is 6.54 Å². The predicted octanol–water partition coefficient (Wildman–Crippen LogP) is 3.02. The topological polar surface area (TPSA) is 66.8 Å². The zero-order valence-corrected chi connectivity index (χ0v) is 16.3. The Bertz CT molecular complexity index is 422. The van der Waals surface area contributed by atoms with Gasteiger partial charge < -0.3 is 14.4 Å². The summed E-state index contributed by atoms with van der Waals surface area (Å²) in [5.74, 6) is -0.236. The molecule has 0 spiro atoms. The minimum atomic E-state index is -1.79. The zero-order chi connectivity index (χ0) is 17.1. The second-order valence-corrected chi connectivity index (χ2v) is 13.4. The summed E-state index contributed by atoms with van der Waals surface area (Å²) in [6.07, 6.45) is 0.680. The van der Waals surface area contributed by atoms with E-state index in [2.05, 4.69) is 33.9 Å². The van der Waals surface area contributed by atoms with E-state index in [-0.39, 0.29) is 28.8 Å². The predicted molar refractivity (Wildman–Crippen MR) is 92.5 cm³/mol. The number of hydrogen-bond acceptors (Lipinski definition) is 4. The second kappa shape index (κ2) is 7.36. The molecule has 0 radical (unpaired) electrons. The highest BCUT2D eigenvalue weighted by Gasteiger charge is 2.47. The van der Waals surface area contributed by atoms with Crippen molar-refractivity contribution in [2.75, 3.05) is 18.9 Å². The fourth-order valence-corrected chi connectivity index (χ4v) is 4.46. The maximum Gasteiger partial charge on any atom is 0.323 e. The molecule has 1 fully saturated rings. The number of β-lactam (4-membered cyclic amide) rings is 1. The Morgan fingerprint density at radius 3 is 2.45 bits per heavy atom. The molecule has 0 unspecified atom stereocenters. The number of nitrogens with zero attached hydrogens (tertiary/aromatic N) is 1. The van der Waals surface area contributed by atoms with Gasteiger partial charge in [0.2, 0.25) is 5.91 Å². The molecular formula is C15H29NO4SSi. The number of carboxylic acids is 1. The van der Waals surface area contributed by atoms with Crippen molar-refractivity contribution < 1.29 is 19.1 Å². The van der Waals surface area contributed by atoms with Crippen LogP contribution in [0.1, 0.15) is 34.1 Å². The first-order valence-electron chi connectivity index (χ1n) is 7.79. The van der Waals surface area contributed by atoms with Gasteiger partial charge in [0.05, 0.1) is 11.3 Å². The fourth-order valence-electron chi connectivity index (χ4n) is 2.21. The van der Waals surface area contributed by atoms with Gasteiger partial charge in [-0.25, -0.2) is 0 Å². The van der Waals surface area contributed by atoms with Crippen molar-refractivity contribution in [2.24, 2.45) is 5.92 Å². The Balaban J connectivity index is 2.55. The van der Waals surface area contributed by atoms with Gasteiger partial charge in [0.15, 0.2) is 8.32 Å². The third-order valence-electron chi connectivity index (χ3n) is 4.59. The standard InChI is InChI=1S/C15H29NO4SSi/c1-7-21-14-11(13(19)16(14)10-12(17)18)8-9-20-22(5,6)15(2,3)4/h11,14H,7-10H2,1-6H3,(H,17,18)/t11-,14+/m0/s1. The first-order chi connectivity index (χ1) is 10.0. The molecule has 0 aromatic heterocycles. The van der Waals surface area contributed by atoms with Crippen LogP contribution in [0.5, 0.6) is 0 Å². The minimum Gasteiger partial charge on any atom is -0.480 e. The van der Waals surface area contributed by atoms with E-state index in [1.807, 2.05) is 6.92 Å². The fraction of sp³-hybridized carbons (Fsp3) is 0.867. The lowest BCUT2D eigenvalue weighted by Gasteiger charge is -2.46. The molecule has 1 rings (SSSR count). The lowest BCUT2D eigenvalue weighted by Crippen LogP contribution is -2.61. The van der Waals surface area contributed by atoms with E-state index in [1.165, 1.54) is 4.90 Å². The number of carbonyl (C=O) groups excluding carboxylic acids is 1. The van der Waals surface area contributed by atoms with Crippen LogP contribution in [0.4, 0.5) is 0 Å². The minimum absolute atomic E-state index is 0.0170. The van der Waals surface area contributed by atoms with Crippen LogP contribution in [0.3, 0.4) is 0 Å². The Labute approximate surface area is 138 Å². The van der Waals surface area contributed by atoms with E-state index in [0.29, 0.717) is 13.0 Å². The molecule has 7 heteroatoms. The largest absolute Gasteiger partial charge is 0.480 e. The number of amides is 1. The Kier molecular flexibility index (Phi) is 6.53. The van der Waals surface area contributed by atoms with Crippen LogP contribution in [0.15, 0.2) is 0 Å². The highest BCUT2D eigenvalue weighted by molar-refractivity contribution is 7.99. The van der Waals surface area contributed by atoms with E-state index in [4.69, 9.17) is 9.53 Å². The molecule has 1 aliphatic heterocycles. The quantitative estimate of drug-likeness (QED) is 0.540. The number of carboxylic acid groups (broad SMARTS) is 1. The van der Waals surface area contributed by atoms with Gasteiger partial charge >= 0.3 is 5.97 Å². The molecular weight excluding hydrogens is 318 g/mol. The van der Waals surface area contributed by atoms with Crippen molar-refractivity contribution in [2.45, 2.75) is 57.6 Å². The number of likely N-dealkylation sites (tertiary alicyclic amines) is 1. The van der Waals surface area contributed by atoms with E-state index >= 15 is 0 Å². The van der Waals surface area contributed by atoms with E-state index < -0.39 is 14.3 Å². The molecule has 22 heavy (non-hydrogen) atoms. The summed E-state index contributed by atoms with van der Waals surface area (Å²) >= 11 is 1.64. The summed E-state index contributed by atoms with van der Waals surface area (Å²) in [6.45, 7) is 13.4. The smallest absolute Gasteiger partial charge is 0.323 e. The van der Waals surface area contributed by atoms with Gasteiger partial charge in [0.25, 0.3) is 0 Å². The SMILES string of the molecule is CCS[C@@H]1[C@@H](CCO[Si](C)(C)C(C)(C)C)C(=O)N1CC(=O)O. The summed E-state index contributed by atoms with van der Waals surface area (Å²) in [6, 6.07) is 0. The van der Waals surface area contributed by atoms with Crippen LogP contribution in [-0.2, 0) is 14.0 Å². The molecule has 0 aromatic rings.